The van der Waals surface area contributed by atoms with E-state index in [-0.39, 0.29) is 43.4 Å². The van der Waals surface area contributed by atoms with Crippen molar-refractivity contribution in [3.63, 3.8) is 0 Å². The van der Waals surface area contributed by atoms with E-state index < -0.39 is 35.5 Å². The number of hydrogen-bond acceptors (Lipinski definition) is 14. The number of cyclic esters (lactones) is 1. The van der Waals surface area contributed by atoms with E-state index >= 15 is 0 Å². The molecule has 10 rings (SSSR count). The van der Waals surface area contributed by atoms with Crippen LogP contribution in [-0.4, -0.2) is 157 Å². The molecule has 3 amide bonds. The lowest BCUT2D eigenvalue weighted by Gasteiger charge is -2.50. The number of rotatable bonds is 11. The molecule has 6 aliphatic heterocycles. The number of carbonyl (C=O) groups is 3. The predicted molar refractivity (Wildman–Crippen MR) is 273 cm³/mol. The second kappa shape index (κ2) is 21.7. The van der Waals surface area contributed by atoms with E-state index in [9.17, 15) is 14.4 Å². The average molecular weight is 1010 g/mol. The monoisotopic (exact) mass is 1010 g/mol. The Balaban J connectivity index is 1.11. The van der Waals surface area contributed by atoms with Crippen LogP contribution in [0.15, 0.2) is 35.8 Å². The van der Waals surface area contributed by atoms with E-state index in [1.54, 1.807) is 12.0 Å². The summed E-state index contributed by atoms with van der Waals surface area (Å²) in [5, 5.41) is 8.19. The number of hydrazine groups is 1. The molecular formula is C54H74N8O9S. The molecule has 17 nitrogen and oxygen atoms in total. The van der Waals surface area contributed by atoms with E-state index in [4.69, 9.17) is 38.4 Å². The summed E-state index contributed by atoms with van der Waals surface area (Å²) in [4.78, 5) is 58.2. The Kier molecular flexibility index (Phi) is 15.4. The molecule has 5 saturated heterocycles. The average Bonchev–Trinajstić information content (AvgIpc) is 3.98. The van der Waals surface area contributed by atoms with Gasteiger partial charge in [-0.2, -0.15) is 0 Å². The first kappa shape index (κ1) is 51.0. The second-order valence-corrected chi connectivity index (χ2v) is 22.6. The van der Waals surface area contributed by atoms with Gasteiger partial charge >= 0.3 is 12.0 Å². The molecule has 0 spiro atoms. The first-order valence-electron chi connectivity index (χ1n) is 26.4. The molecule has 4 aromatic rings. The fraction of sp³-hybridized carbons (Fsp3) is 0.648. The van der Waals surface area contributed by atoms with Crippen LogP contribution in [0.2, 0.25) is 0 Å². The molecule has 9 heterocycles. The number of urea groups is 1. The molecule has 6 aliphatic rings. The van der Waals surface area contributed by atoms with Crippen LogP contribution >= 0.6 is 11.3 Å². The highest BCUT2D eigenvalue weighted by molar-refractivity contribution is 7.10. The first-order valence-corrected chi connectivity index (χ1v) is 27.3. The van der Waals surface area contributed by atoms with Crippen molar-refractivity contribution in [2.75, 3.05) is 79.5 Å². The number of benzene rings is 1. The number of fused-ring (bicyclic) bond motifs is 8. The van der Waals surface area contributed by atoms with Crippen LogP contribution in [0, 0.1) is 11.3 Å². The van der Waals surface area contributed by atoms with E-state index in [2.05, 4.69) is 85.3 Å². The van der Waals surface area contributed by atoms with Gasteiger partial charge in [0.15, 0.2) is 0 Å². The van der Waals surface area contributed by atoms with Gasteiger partial charge in [0, 0.05) is 104 Å². The summed E-state index contributed by atoms with van der Waals surface area (Å²) in [6, 6.07) is 7.05. The molecule has 5 fully saturated rings. The minimum Gasteiger partial charge on any atom is -0.464 e. The van der Waals surface area contributed by atoms with Gasteiger partial charge in [-0.15, -0.1) is 11.3 Å². The number of esters is 1. The number of likely N-dealkylation sites (tertiary alicyclic amines) is 1. The van der Waals surface area contributed by atoms with E-state index in [1.165, 1.54) is 21.9 Å². The van der Waals surface area contributed by atoms with Crippen LogP contribution in [0.3, 0.4) is 0 Å². The van der Waals surface area contributed by atoms with Crippen molar-refractivity contribution in [2.24, 2.45) is 11.3 Å². The molecule has 390 valence electrons. The lowest BCUT2D eigenvalue weighted by Crippen LogP contribution is -2.67. The van der Waals surface area contributed by atoms with Gasteiger partial charge in [-0.25, -0.2) is 15.2 Å². The molecule has 6 bridgehead atoms. The van der Waals surface area contributed by atoms with Gasteiger partial charge in [0.1, 0.15) is 23.2 Å². The number of methoxy groups -OCH3 is 1. The maximum atomic E-state index is 14.9. The molecule has 3 aromatic heterocycles. The molecule has 0 aliphatic carbocycles. The van der Waals surface area contributed by atoms with Crippen molar-refractivity contribution < 1.29 is 42.8 Å². The largest absolute Gasteiger partial charge is 0.464 e. The minimum atomic E-state index is -1.15. The summed E-state index contributed by atoms with van der Waals surface area (Å²) in [6.45, 7) is 19.4. The highest BCUT2D eigenvalue weighted by Gasteiger charge is 2.47. The predicted octanol–water partition coefficient (Wildman–Crippen LogP) is 7.04. The summed E-state index contributed by atoms with van der Waals surface area (Å²) >= 11 is 1.40. The van der Waals surface area contributed by atoms with Crippen LogP contribution in [-0.2, 0) is 51.0 Å². The second-order valence-electron chi connectivity index (χ2n) is 21.7. The number of carbonyl (C=O) groups excluding carboxylic acids is 3. The van der Waals surface area contributed by atoms with Crippen LogP contribution in [0.25, 0.3) is 33.4 Å². The van der Waals surface area contributed by atoms with Crippen molar-refractivity contribution in [2.45, 2.75) is 135 Å². The van der Waals surface area contributed by atoms with E-state index in [0.717, 1.165) is 90.2 Å². The number of nitrogens with one attached hydrogen (secondary N) is 2. The Morgan fingerprint density at radius 2 is 1.90 bits per heavy atom. The Labute approximate surface area is 427 Å². The maximum absolute atomic E-state index is 14.9. The number of ether oxygens (including phenoxy) is 6. The third-order valence-electron chi connectivity index (χ3n) is 15.8. The van der Waals surface area contributed by atoms with Crippen LogP contribution in [0.5, 0.6) is 0 Å². The molecule has 1 unspecified atom stereocenters. The normalized spacial score (nSPS) is 27.4. The standard InChI is InChI=1S/C54H74N8O9S/c1-8-69-49-47(57-53(65)61-27-37-28-67-19-14-44(37)61)51(63)62-15-9-10-42(58-62)52(64)71-31-54(5,6)25-41-39-23-35(43-30-72-50(49)56-43)11-12-45(39)60(18-21-70-32(2)3)48(41)40-24-36(26-55-46(40)33(4)66-7)34-13-16-59-17-20-68-29-38(59)22-34/h11-12,23-24,26,30,32-34,37-38,42,44,47,49,58H,8-10,13-22,25,27-29,31H2,1-7H3,(H,57,65)/t33-,34+,37+,38?,42-,44-,47-,49-/m0/s1. The van der Waals surface area contributed by atoms with Gasteiger partial charge in [0.2, 0.25) is 0 Å². The highest BCUT2D eigenvalue weighted by Crippen LogP contribution is 2.44. The van der Waals surface area contributed by atoms with Crippen molar-refractivity contribution >= 4 is 40.1 Å². The van der Waals surface area contributed by atoms with E-state index in [1.807, 2.05) is 12.3 Å². The summed E-state index contributed by atoms with van der Waals surface area (Å²) in [7, 11) is 1.73. The fourth-order valence-electron chi connectivity index (χ4n) is 11.9. The molecule has 2 N–H and O–H groups in total. The lowest BCUT2D eigenvalue weighted by molar-refractivity contribution is -0.156. The van der Waals surface area contributed by atoms with Gasteiger partial charge in [-0.1, -0.05) is 19.9 Å². The Morgan fingerprint density at radius 1 is 1.06 bits per heavy atom. The number of piperidine rings is 1. The van der Waals surface area contributed by atoms with Gasteiger partial charge < -0.3 is 43.2 Å². The third-order valence-corrected chi connectivity index (χ3v) is 16.7. The van der Waals surface area contributed by atoms with Crippen molar-refractivity contribution in [1.29, 1.82) is 0 Å². The molecule has 8 atom stereocenters. The van der Waals surface area contributed by atoms with E-state index in [0.29, 0.717) is 75.7 Å². The van der Waals surface area contributed by atoms with Crippen molar-refractivity contribution in [1.82, 2.24) is 40.1 Å². The Bertz CT molecular complexity index is 2600. The smallest absolute Gasteiger partial charge is 0.324 e. The molecular weight excluding hydrogens is 937 g/mol. The number of aromatic nitrogens is 3. The van der Waals surface area contributed by atoms with Crippen molar-refractivity contribution in [3.8, 4) is 22.5 Å². The highest BCUT2D eigenvalue weighted by atomic mass is 32.1. The minimum absolute atomic E-state index is 0.0399. The molecule has 72 heavy (non-hydrogen) atoms. The summed E-state index contributed by atoms with van der Waals surface area (Å²) in [5.41, 5.74) is 10.5. The van der Waals surface area contributed by atoms with Crippen LogP contribution in [0.4, 0.5) is 4.79 Å². The molecule has 18 heteroatoms. The first-order chi connectivity index (χ1) is 34.8. The zero-order chi connectivity index (χ0) is 50.3. The van der Waals surface area contributed by atoms with Gasteiger partial charge in [0.05, 0.1) is 62.3 Å². The van der Waals surface area contributed by atoms with Gasteiger partial charge in [-0.3, -0.25) is 24.5 Å². The number of amides is 3. The topological polar surface area (TPSA) is 171 Å². The lowest BCUT2D eigenvalue weighted by atomic mass is 9.82. The molecule has 1 aromatic carbocycles. The summed E-state index contributed by atoms with van der Waals surface area (Å²) in [5.74, 6) is -0.254. The van der Waals surface area contributed by atoms with Crippen LogP contribution < -0.4 is 10.7 Å². The number of hydrogen-bond donors (Lipinski definition) is 2. The zero-order valence-corrected chi connectivity index (χ0v) is 44.0. The number of nitrogens with zero attached hydrogens (tertiary/aromatic N) is 6. The zero-order valence-electron chi connectivity index (χ0n) is 43.2. The number of thiazole rings is 1. The molecule has 0 saturated carbocycles. The summed E-state index contributed by atoms with van der Waals surface area (Å²) in [6.07, 6.45) is 5.27. The number of morpholine rings is 1. The Hall–Kier alpha value is -4.53. The third kappa shape index (κ3) is 10.4. The SMILES string of the molecule is CCO[C@@H]1c2nc(cs2)-c2ccc3c(c2)c(c(-c2cc([C@@H]4CCN5CCOCC5C4)cnc2[C@H](C)OC)n3CCOC(C)C)CC(C)(C)COC(=O)[C@@H]2CCCN(N2)C(=O)[C@H]1NC(=O)N1C[C@@H]2COCC[C@@H]21. The summed E-state index contributed by atoms with van der Waals surface area (Å²) < 4.78 is 39.2. The Morgan fingerprint density at radius 3 is 2.71 bits per heavy atom. The molecule has 0 radical (unpaired) electrons. The van der Waals surface area contributed by atoms with Gasteiger partial charge in [0.25, 0.3) is 5.91 Å². The maximum Gasteiger partial charge on any atom is 0.324 e. The van der Waals surface area contributed by atoms with Gasteiger partial charge in [-0.05, 0) is 108 Å². The quantitative estimate of drug-likeness (QED) is 0.147. The fourth-order valence-corrected chi connectivity index (χ4v) is 12.8. The van der Waals surface area contributed by atoms with Crippen LogP contribution in [0.1, 0.15) is 114 Å². The number of pyridine rings is 1. The van der Waals surface area contributed by atoms with Crippen molar-refractivity contribution in [3.05, 3.63) is 57.7 Å².